The van der Waals surface area contributed by atoms with E-state index in [0.717, 1.165) is 24.6 Å². The molecule has 9 nitrogen and oxygen atoms in total. The number of nitrogens with one attached hydrogen (secondary N) is 2. The summed E-state index contributed by atoms with van der Waals surface area (Å²) in [5.41, 5.74) is -0.630. The molecule has 28 heavy (non-hydrogen) atoms. The van der Waals surface area contributed by atoms with Crippen molar-refractivity contribution in [1.82, 2.24) is 30.0 Å². The van der Waals surface area contributed by atoms with E-state index in [9.17, 15) is 14.9 Å². The summed E-state index contributed by atoms with van der Waals surface area (Å²) >= 11 is 1.11. The molecule has 0 bridgehead atoms. The number of hydrogen-bond acceptors (Lipinski definition) is 7. The standard InChI is InChI=1S/C18H17N7O2S/c1-18(9-19,11-6-7-11)23-14(26)8-28-17-22-13-5-3-2-4-12(13)15(27)25(17)16-20-10-21-24-16/h2-5,10-11H,6-8H2,1H3,(H,23,26)(H,20,21,24)/t18-/m0/s1. The number of carbonyl (C=O) groups excluding carboxylic acids is 1. The van der Waals surface area contributed by atoms with E-state index in [1.165, 1.54) is 10.9 Å². The van der Waals surface area contributed by atoms with Gasteiger partial charge in [-0.25, -0.2) is 14.6 Å². The highest BCUT2D eigenvalue weighted by molar-refractivity contribution is 7.99. The van der Waals surface area contributed by atoms with Crippen molar-refractivity contribution >= 4 is 28.6 Å². The molecule has 1 fully saturated rings. The highest BCUT2D eigenvalue weighted by Crippen LogP contribution is 2.39. The maximum Gasteiger partial charge on any atom is 0.269 e. The molecular formula is C18H17N7O2S. The smallest absolute Gasteiger partial charge is 0.269 e. The maximum absolute atomic E-state index is 12.9. The molecule has 1 aliphatic rings. The number of para-hydroxylation sites is 1. The third kappa shape index (κ3) is 3.36. The number of hydrogen-bond donors (Lipinski definition) is 2. The van der Waals surface area contributed by atoms with E-state index in [2.05, 4.69) is 31.6 Å². The number of benzene rings is 1. The predicted molar refractivity (Wildman–Crippen MR) is 103 cm³/mol. The van der Waals surface area contributed by atoms with Crippen LogP contribution >= 0.6 is 11.8 Å². The van der Waals surface area contributed by atoms with E-state index in [-0.39, 0.29) is 29.1 Å². The number of carbonyl (C=O) groups is 1. The van der Waals surface area contributed by atoms with Crippen molar-refractivity contribution in [3.8, 4) is 12.0 Å². The van der Waals surface area contributed by atoms with Gasteiger partial charge in [0.05, 0.1) is 22.7 Å². The van der Waals surface area contributed by atoms with Gasteiger partial charge in [-0.1, -0.05) is 23.9 Å². The first-order valence-corrected chi connectivity index (χ1v) is 9.73. The first kappa shape index (κ1) is 18.2. The summed E-state index contributed by atoms with van der Waals surface area (Å²) in [5.74, 6) is 0.152. The summed E-state index contributed by atoms with van der Waals surface area (Å²) in [6, 6.07) is 9.19. The molecule has 3 aromatic rings. The Bertz CT molecular complexity index is 1130. The van der Waals surface area contributed by atoms with Crippen LogP contribution in [0.15, 0.2) is 40.5 Å². The lowest BCUT2D eigenvalue weighted by Crippen LogP contribution is -2.47. The van der Waals surface area contributed by atoms with Gasteiger partial charge in [-0.05, 0) is 37.8 Å². The van der Waals surface area contributed by atoms with E-state index in [0.29, 0.717) is 16.1 Å². The zero-order valence-electron chi connectivity index (χ0n) is 15.0. The normalized spacial score (nSPS) is 15.7. The highest BCUT2D eigenvalue weighted by atomic mass is 32.2. The fraction of sp³-hybridized carbons (Fsp3) is 0.333. The highest BCUT2D eigenvalue weighted by Gasteiger charge is 2.43. The quantitative estimate of drug-likeness (QED) is 0.477. The number of H-pyrrole nitrogens is 1. The number of nitrogens with zero attached hydrogens (tertiary/aromatic N) is 5. The van der Waals surface area contributed by atoms with Gasteiger partial charge in [0.1, 0.15) is 11.9 Å². The predicted octanol–water partition coefficient (Wildman–Crippen LogP) is 1.40. The van der Waals surface area contributed by atoms with Gasteiger partial charge in [-0.2, -0.15) is 15.3 Å². The van der Waals surface area contributed by atoms with Crippen LogP contribution in [-0.2, 0) is 4.79 Å². The summed E-state index contributed by atoms with van der Waals surface area (Å²) in [4.78, 5) is 33.9. The number of amides is 1. The van der Waals surface area contributed by atoms with Gasteiger partial charge in [-0.15, -0.1) is 0 Å². The lowest BCUT2D eigenvalue weighted by molar-refractivity contribution is -0.119. The van der Waals surface area contributed by atoms with Gasteiger partial charge in [0.2, 0.25) is 11.9 Å². The number of aromatic nitrogens is 5. The van der Waals surface area contributed by atoms with Crippen molar-refractivity contribution in [2.75, 3.05) is 5.75 Å². The average Bonchev–Trinajstić information content (AvgIpc) is 3.43. The molecule has 142 valence electrons. The summed E-state index contributed by atoms with van der Waals surface area (Å²) in [6.45, 7) is 1.74. The van der Waals surface area contributed by atoms with Gasteiger partial charge >= 0.3 is 0 Å². The van der Waals surface area contributed by atoms with Crippen LogP contribution in [0.5, 0.6) is 0 Å². The number of aromatic amines is 1. The van der Waals surface area contributed by atoms with E-state index in [1.807, 2.05) is 0 Å². The van der Waals surface area contributed by atoms with Crippen molar-refractivity contribution in [3.05, 3.63) is 40.9 Å². The SMILES string of the molecule is C[C@@](C#N)(NC(=O)CSc1nc2ccccc2c(=O)n1-c1ncn[nH]1)C1CC1. The second kappa shape index (κ2) is 7.09. The number of thioether (sulfide) groups is 1. The van der Waals surface area contributed by atoms with Crippen LogP contribution in [0, 0.1) is 17.2 Å². The van der Waals surface area contributed by atoms with Gasteiger partial charge in [0.25, 0.3) is 5.56 Å². The molecule has 10 heteroatoms. The Morgan fingerprint density at radius 2 is 2.25 bits per heavy atom. The summed E-state index contributed by atoms with van der Waals surface area (Å²) in [7, 11) is 0. The van der Waals surface area contributed by atoms with Gasteiger partial charge < -0.3 is 5.32 Å². The molecule has 2 N–H and O–H groups in total. The molecule has 0 unspecified atom stereocenters. The van der Waals surface area contributed by atoms with Crippen LogP contribution in [0.4, 0.5) is 0 Å². The molecule has 0 radical (unpaired) electrons. The molecule has 1 aromatic carbocycles. The second-order valence-electron chi connectivity index (χ2n) is 6.79. The molecule has 1 amide bonds. The zero-order valence-corrected chi connectivity index (χ0v) is 15.9. The molecule has 1 saturated carbocycles. The van der Waals surface area contributed by atoms with Crippen molar-refractivity contribution in [3.63, 3.8) is 0 Å². The Balaban J connectivity index is 1.63. The topological polar surface area (TPSA) is 129 Å². The first-order chi connectivity index (χ1) is 13.5. The van der Waals surface area contributed by atoms with Crippen LogP contribution in [0.2, 0.25) is 0 Å². The van der Waals surface area contributed by atoms with Gasteiger partial charge in [0.15, 0.2) is 5.16 Å². The van der Waals surface area contributed by atoms with Crippen LogP contribution in [0.3, 0.4) is 0 Å². The Labute approximate surface area is 164 Å². The third-order valence-corrected chi connectivity index (χ3v) is 5.66. The number of nitriles is 1. The Hall–Kier alpha value is -3.19. The third-order valence-electron chi connectivity index (χ3n) is 4.72. The van der Waals surface area contributed by atoms with Crippen molar-refractivity contribution in [2.45, 2.75) is 30.5 Å². The minimum absolute atomic E-state index is 0.0168. The molecule has 2 aromatic heterocycles. The van der Waals surface area contributed by atoms with Gasteiger partial charge in [0, 0.05) is 0 Å². The monoisotopic (exact) mass is 395 g/mol. The molecular weight excluding hydrogens is 378 g/mol. The lowest BCUT2D eigenvalue weighted by atomic mass is 9.98. The fourth-order valence-electron chi connectivity index (χ4n) is 3.04. The van der Waals surface area contributed by atoms with Crippen LogP contribution in [0.1, 0.15) is 19.8 Å². The van der Waals surface area contributed by atoms with E-state index in [1.54, 1.807) is 31.2 Å². The van der Waals surface area contributed by atoms with E-state index < -0.39 is 5.54 Å². The minimum atomic E-state index is -0.862. The van der Waals surface area contributed by atoms with Gasteiger partial charge in [-0.3, -0.25) is 9.59 Å². The maximum atomic E-state index is 12.9. The summed E-state index contributed by atoms with van der Waals surface area (Å²) in [5, 5.41) is 19.4. The number of rotatable bonds is 6. The Kier molecular flexibility index (Phi) is 4.60. The molecule has 0 spiro atoms. The van der Waals surface area contributed by atoms with Crippen LogP contribution in [-0.4, -0.2) is 41.9 Å². The summed E-state index contributed by atoms with van der Waals surface area (Å²) in [6.07, 6.45) is 3.18. The molecule has 2 heterocycles. The fourth-order valence-corrected chi connectivity index (χ4v) is 3.83. The molecule has 4 rings (SSSR count). The average molecular weight is 395 g/mol. The van der Waals surface area contributed by atoms with Crippen LogP contribution < -0.4 is 10.9 Å². The molecule has 1 aliphatic carbocycles. The molecule has 1 atom stereocenters. The molecule has 0 aliphatic heterocycles. The van der Waals surface area contributed by atoms with E-state index >= 15 is 0 Å². The van der Waals surface area contributed by atoms with Crippen molar-refractivity contribution in [1.29, 1.82) is 5.26 Å². The lowest BCUT2D eigenvalue weighted by Gasteiger charge is -2.22. The Morgan fingerprint density at radius 3 is 2.93 bits per heavy atom. The summed E-state index contributed by atoms with van der Waals surface area (Å²) < 4.78 is 1.30. The van der Waals surface area contributed by atoms with Crippen molar-refractivity contribution in [2.24, 2.45) is 5.92 Å². The van der Waals surface area contributed by atoms with Crippen LogP contribution in [0.25, 0.3) is 16.9 Å². The Morgan fingerprint density at radius 1 is 1.46 bits per heavy atom. The molecule has 0 saturated heterocycles. The van der Waals surface area contributed by atoms with E-state index in [4.69, 9.17) is 0 Å². The second-order valence-corrected chi connectivity index (χ2v) is 7.73. The largest absolute Gasteiger partial charge is 0.337 e. The first-order valence-electron chi connectivity index (χ1n) is 8.74. The van der Waals surface area contributed by atoms with Crippen molar-refractivity contribution < 1.29 is 4.79 Å². The number of fused-ring (bicyclic) bond motifs is 1. The zero-order chi connectivity index (χ0) is 19.7. The minimum Gasteiger partial charge on any atom is -0.337 e.